The van der Waals surface area contributed by atoms with Gasteiger partial charge in [0.05, 0.1) is 48.4 Å². The SMILES string of the molecule is c1ccc(COCc2cc3nc(-c4cccc5[nH]ncc45)nc(N4CCOCC4)c3s2)cc1. The Morgan fingerprint density at radius 1 is 1.00 bits per heavy atom. The van der Waals surface area contributed by atoms with Crippen LogP contribution in [0.25, 0.3) is 32.5 Å². The molecule has 166 valence electrons. The lowest BCUT2D eigenvalue weighted by Gasteiger charge is -2.28. The molecular formula is C25H23N5O2S. The minimum atomic E-state index is 0.547. The van der Waals surface area contributed by atoms with Gasteiger partial charge in [0.25, 0.3) is 0 Å². The van der Waals surface area contributed by atoms with Crippen LogP contribution in [0.15, 0.2) is 60.8 Å². The van der Waals surface area contributed by atoms with Crippen LogP contribution in [0.5, 0.6) is 0 Å². The van der Waals surface area contributed by atoms with E-state index in [2.05, 4.69) is 39.4 Å². The second-order valence-corrected chi connectivity index (χ2v) is 9.15. The Labute approximate surface area is 195 Å². The number of morpholine rings is 1. The van der Waals surface area contributed by atoms with Crippen molar-refractivity contribution in [2.24, 2.45) is 0 Å². The van der Waals surface area contributed by atoms with E-state index in [0.717, 1.165) is 50.5 Å². The largest absolute Gasteiger partial charge is 0.378 e. The Kier molecular flexibility index (Phi) is 5.47. The van der Waals surface area contributed by atoms with Crippen molar-refractivity contribution in [3.8, 4) is 11.4 Å². The molecule has 0 unspecified atom stereocenters. The Hall–Kier alpha value is -3.33. The van der Waals surface area contributed by atoms with E-state index < -0.39 is 0 Å². The van der Waals surface area contributed by atoms with E-state index in [9.17, 15) is 0 Å². The van der Waals surface area contributed by atoms with Crippen LogP contribution < -0.4 is 4.90 Å². The summed E-state index contributed by atoms with van der Waals surface area (Å²) >= 11 is 1.71. The Balaban J connectivity index is 1.38. The van der Waals surface area contributed by atoms with Crippen molar-refractivity contribution < 1.29 is 9.47 Å². The second-order valence-electron chi connectivity index (χ2n) is 8.01. The summed E-state index contributed by atoms with van der Waals surface area (Å²) in [6, 6.07) is 18.4. The van der Waals surface area contributed by atoms with Crippen molar-refractivity contribution in [2.75, 3.05) is 31.2 Å². The lowest BCUT2D eigenvalue weighted by molar-refractivity contribution is 0.109. The molecule has 0 aliphatic carbocycles. The minimum absolute atomic E-state index is 0.547. The zero-order valence-corrected chi connectivity index (χ0v) is 18.8. The number of hydrogen-bond donors (Lipinski definition) is 1. The van der Waals surface area contributed by atoms with Crippen molar-refractivity contribution in [1.29, 1.82) is 0 Å². The van der Waals surface area contributed by atoms with Crippen molar-refractivity contribution in [2.45, 2.75) is 13.2 Å². The molecule has 6 rings (SSSR count). The number of nitrogens with one attached hydrogen (secondary N) is 1. The second kappa shape index (κ2) is 8.90. The van der Waals surface area contributed by atoms with E-state index in [1.54, 1.807) is 11.3 Å². The highest BCUT2D eigenvalue weighted by Gasteiger charge is 2.21. The molecule has 0 atom stereocenters. The minimum Gasteiger partial charge on any atom is -0.378 e. The van der Waals surface area contributed by atoms with Crippen LogP contribution >= 0.6 is 11.3 Å². The number of aromatic amines is 1. The number of nitrogens with zero attached hydrogens (tertiary/aromatic N) is 4. The van der Waals surface area contributed by atoms with Gasteiger partial charge in [0.1, 0.15) is 0 Å². The lowest BCUT2D eigenvalue weighted by atomic mass is 10.1. The van der Waals surface area contributed by atoms with Gasteiger partial charge in [-0.25, -0.2) is 9.97 Å². The molecule has 8 heteroatoms. The number of benzene rings is 2. The first-order valence-corrected chi connectivity index (χ1v) is 11.8. The topological polar surface area (TPSA) is 76.2 Å². The van der Waals surface area contributed by atoms with Crippen molar-refractivity contribution in [3.05, 3.63) is 71.2 Å². The van der Waals surface area contributed by atoms with E-state index in [4.69, 9.17) is 19.4 Å². The fourth-order valence-corrected chi connectivity index (χ4v) is 5.20. The van der Waals surface area contributed by atoms with Gasteiger partial charge in [-0.15, -0.1) is 11.3 Å². The summed E-state index contributed by atoms with van der Waals surface area (Å²) in [6.45, 7) is 4.18. The summed E-state index contributed by atoms with van der Waals surface area (Å²) in [5.74, 6) is 1.68. The van der Waals surface area contributed by atoms with Gasteiger partial charge in [-0.1, -0.05) is 42.5 Å². The van der Waals surface area contributed by atoms with Crippen LogP contribution in [0.2, 0.25) is 0 Å². The van der Waals surface area contributed by atoms with Gasteiger partial charge in [-0.05, 0) is 17.7 Å². The molecule has 1 aliphatic rings. The first kappa shape index (κ1) is 20.3. The first-order valence-electron chi connectivity index (χ1n) is 11.0. The Morgan fingerprint density at radius 2 is 1.88 bits per heavy atom. The third kappa shape index (κ3) is 4.08. The quantitative estimate of drug-likeness (QED) is 0.395. The van der Waals surface area contributed by atoms with Crippen LogP contribution in [0, 0.1) is 0 Å². The van der Waals surface area contributed by atoms with Crippen LogP contribution in [0.3, 0.4) is 0 Å². The average molecular weight is 458 g/mol. The normalized spacial score (nSPS) is 14.4. The van der Waals surface area contributed by atoms with Crippen LogP contribution in [0.4, 0.5) is 5.82 Å². The summed E-state index contributed by atoms with van der Waals surface area (Å²) in [6.07, 6.45) is 1.84. The third-order valence-electron chi connectivity index (χ3n) is 5.80. The van der Waals surface area contributed by atoms with Crippen LogP contribution in [0.1, 0.15) is 10.4 Å². The zero-order valence-electron chi connectivity index (χ0n) is 18.0. The van der Waals surface area contributed by atoms with Gasteiger partial charge < -0.3 is 14.4 Å². The molecular weight excluding hydrogens is 434 g/mol. The summed E-state index contributed by atoms with van der Waals surface area (Å²) in [7, 11) is 0. The van der Waals surface area contributed by atoms with Crippen LogP contribution in [-0.2, 0) is 22.7 Å². The maximum Gasteiger partial charge on any atom is 0.162 e. The third-order valence-corrected chi connectivity index (χ3v) is 6.89. The number of ether oxygens (including phenoxy) is 2. The van der Waals surface area contributed by atoms with Gasteiger partial charge in [-0.3, -0.25) is 5.10 Å². The fourth-order valence-electron chi connectivity index (χ4n) is 4.15. The molecule has 1 saturated heterocycles. The van der Waals surface area contributed by atoms with Crippen LogP contribution in [-0.4, -0.2) is 46.5 Å². The number of thiophene rings is 1. The molecule has 0 saturated carbocycles. The summed E-state index contributed by atoms with van der Waals surface area (Å²) in [5.41, 5.74) is 4.07. The van der Waals surface area contributed by atoms with Gasteiger partial charge >= 0.3 is 0 Å². The predicted molar refractivity (Wildman–Crippen MR) is 130 cm³/mol. The Bertz CT molecular complexity index is 1390. The smallest absolute Gasteiger partial charge is 0.162 e. The number of aromatic nitrogens is 4. The molecule has 1 fully saturated rings. The molecule has 1 aliphatic heterocycles. The highest BCUT2D eigenvalue weighted by Crippen LogP contribution is 2.36. The summed E-state index contributed by atoms with van der Waals surface area (Å²) < 4.78 is 12.7. The van der Waals surface area contributed by atoms with Gasteiger partial charge in [0, 0.05) is 28.9 Å². The van der Waals surface area contributed by atoms with E-state index in [0.29, 0.717) is 32.3 Å². The molecule has 1 N–H and O–H groups in total. The molecule has 3 aromatic heterocycles. The van der Waals surface area contributed by atoms with E-state index in [1.165, 1.54) is 5.56 Å². The maximum absolute atomic E-state index is 6.00. The molecule has 0 spiro atoms. The lowest BCUT2D eigenvalue weighted by Crippen LogP contribution is -2.36. The summed E-state index contributed by atoms with van der Waals surface area (Å²) in [4.78, 5) is 13.5. The molecule has 0 amide bonds. The number of fused-ring (bicyclic) bond motifs is 2. The van der Waals surface area contributed by atoms with Crippen molar-refractivity contribution in [3.63, 3.8) is 0 Å². The summed E-state index contributed by atoms with van der Waals surface area (Å²) in [5, 5.41) is 8.26. The fraction of sp³-hybridized carbons (Fsp3) is 0.240. The number of H-pyrrole nitrogens is 1. The molecule has 4 heterocycles. The average Bonchev–Trinajstić information content (AvgIpc) is 3.51. The first-order chi connectivity index (χ1) is 16.3. The molecule has 0 radical (unpaired) electrons. The molecule has 5 aromatic rings. The van der Waals surface area contributed by atoms with E-state index in [-0.39, 0.29) is 0 Å². The number of anilines is 1. The van der Waals surface area contributed by atoms with Crippen molar-refractivity contribution >= 4 is 38.3 Å². The highest BCUT2D eigenvalue weighted by molar-refractivity contribution is 7.19. The van der Waals surface area contributed by atoms with E-state index >= 15 is 0 Å². The highest BCUT2D eigenvalue weighted by atomic mass is 32.1. The number of hydrogen-bond acceptors (Lipinski definition) is 7. The van der Waals surface area contributed by atoms with Gasteiger partial charge in [0.2, 0.25) is 0 Å². The van der Waals surface area contributed by atoms with Gasteiger partial charge in [-0.2, -0.15) is 5.10 Å². The van der Waals surface area contributed by atoms with Gasteiger partial charge in [0.15, 0.2) is 11.6 Å². The van der Waals surface area contributed by atoms with E-state index in [1.807, 2.05) is 36.5 Å². The standard InChI is InChI=1S/C25H23N5O2S/c1-2-5-17(6-3-1)15-32-16-18-13-22-23(33-18)25(30-9-11-31-12-10-30)28-24(27-22)19-7-4-8-21-20(19)14-26-29-21/h1-8,13-14H,9-12,15-16H2,(H,26,29). The Morgan fingerprint density at radius 3 is 2.76 bits per heavy atom. The molecule has 0 bridgehead atoms. The molecule has 7 nitrogen and oxygen atoms in total. The number of rotatable bonds is 6. The maximum atomic E-state index is 6.00. The molecule has 33 heavy (non-hydrogen) atoms. The molecule has 2 aromatic carbocycles. The zero-order chi connectivity index (χ0) is 22.0. The monoisotopic (exact) mass is 457 g/mol. The van der Waals surface area contributed by atoms with Crippen molar-refractivity contribution in [1.82, 2.24) is 20.2 Å². The predicted octanol–water partition coefficient (Wildman–Crippen LogP) is 4.79.